The Bertz CT molecular complexity index is 1100. The van der Waals surface area contributed by atoms with Crippen LogP contribution in [0.4, 0.5) is 5.69 Å². The number of methoxy groups -OCH3 is 3. The fourth-order valence-corrected chi connectivity index (χ4v) is 6.27. The molecule has 1 amide bonds. The number of hydrogen-bond donors (Lipinski definition) is 1. The van der Waals surface area contributed by atoms with E-state index in [0.29, 0.717) is 30.2 Å². The van der Waals surface area contributed by atoms with E-state index >= 15 is 0 Å². The van der Waals surface area contributed by atoms with Gasteiger partial charge in [-0.1, -0.05) is 25.0 Å². The second-order valence-corrected chi connectivity index (χ2v) is 10.2. The molecule has 2 aromatic carbocycles. The molecule has 7 nitrogen and oxygen atoms in total. The average molecular weight is 523 g/mol. The van der Waals surface area contributed by atoms with Crippen LogP contribution in [0.3, 0.4) is 0 Å². The molecule has 4 rings (SSSR count). The molecule has 1 aliphatic carbocycles. The lowest BCUT2D eigenvalue weighted by atomic mass is 9.66. The number of ether oxygens (including phenoxy) is 3. The third kappa shape index (κ3) is 5.48. The van der Waals surface area contributed by atoms with Crippen LogP contribution in [0.25, 0.3) is 6.08 Å². The van der Waals surface area contributed by atoms with Gasteiger partial charge in [-0.3, -0.25) is 4.79 Å². The minimum atomic E-state index is -0.725. The first-order valence-electron chi connectivity index (χ1n) is 13.7. The summed E-state index contributed by atoms with van der Waals surface area (Å²) in [6.07, 6.45) is 7.84. The Kier molecular flexibility index (Phi) is 8.87. The highest BCUT2D eigenvalue weighted by atomic mass is 16.5. The Hall–Kier alpha value is -3.19. The van der Waals surface area contributed by atoms with Crippen LogP contribution in [0.5, 0.6) is 17.2 Å². The molecule has 0 radical (unpaired) electrons. The van der Waals surface area contributed by atoms with Gasteiger partial charge in [0.1, 0.15) is 0 Å². The summed E-state index contributed by atoms with van der Waals surface area (Å²) in [7, 11) is 4.72. The summed E-state index contributed by atoms with van der Waals surface area (Å²) in [4.78, 5) is 18.0. The molecule has 3 atom stereocenters. The van der Waals surface area contributed by atoms with E-state index in [9.17, 15) is 9.90 Å². The first-order valence-corrected chi connectivity index (χ1v) is 13.7. The van der Waals surface area contributed by atoms with Crippen molar-refractivity contribution in [3.05, 3.63) is 53.6 Å². The summed E-state index contributed by atoms with van der Waals surface area (Å²) in [6, 6.07) is 12.1. The fourth-order valence-electron chi connectivity index (χ4n) is 6.27. The third-order valence-corrected chi connectivity index (χ3v) is 8.32. The van der Waals surface area contributed by atoms with Gasteiger partial charge < -0.3 is 29.1 Å². The molecule has 0 spiro atoms. The van der Waals surface area contributed by atoms with Crippen molar-refractivity contribution >= 4 is 17.7 Å². The van der Waals surface area contributed by atoms with Crippen LogP contribution in [0.15, 0.2) is 42.5 Å². The molecule has 38 heavy (non-hydrogen) atoms. The molecule has 1 N–H and O–H groups in total. The summed E-state index contributed by atoms with van der Waals surface area (Å²) in [5.74, 6) is 1.54. The van der Waals surface area contributed by atoms with Crippen LogP contribution < -0.4 is 19.1 Å². The first-order chi connectivity index (χ1) is 18.4. The van der Waals surface area contributed by atoms with E-state index in [1.165, 1.54) is 5.69 Å². The molecule has 1 aliphatic heterocycles. The van der Waals surface area contributed by atoms with E-state index in [2.05, 4.69) is 43.0 Å². The van der Waals surface area contributed by atoms with Crippen molar-refractivity contribution in [1.82, 2.24) is 4.90 Å². The monoisotopic (exact) mass is 522 g/mol. The molecule has 7 heteroatoms. The van der Waals surface area contributed by atoms with Gasteiger partial charge in [-0.25, -0.2) is 0 Å². The SMILES string of the molecule is CCN(CC)c1ccc([C@H]2[C@H]3CCCC[C@]3(O)CCN2C(=O)/C=C/c2cc(OC)c(OC)c(OC)c2)cc1. The number of benzene rings is 2. The first kappa shape index (κ1) is 27.8. The van der Waals surface area contributed by atoms with Crippen LogP contribution in [0.1, 0.15) is 63.1 Å². The molecule has 1 saturated heterocycles. The largest absolute Gasteiger partial charge is 0.493 e. The Morgan fingerprint density at radius 1 is 1.03 bits per heavy atom. The number of nitrogens with zero attached hydrogens (tertiary/aromatic N) is 2. The maximum Gasteiger partial charge on any atom is 0.247 e. The summed E-state index contributed by atoms with van der Waals surface area (Å²) in [5.41, 5.74) is 2.31. The predicted octanol–water partition coefficient (Wildman–Crippen LogP) is 5.47. The second kappa shape index (κ2) is 12.1. The van der Waals surface area contributed by atoms with E-state index in [4.69, 9.17) is 14.2 Å². The smallest absolute Gasteiger partial charge is 0.247 e. The number of carbonyl (C=O) groups is 1. The quantitative estimate of drug-likeness (QED) is 0.441. The molecule has 0 unspecified atom stereocenters. The van der Waals surface area contributed by atoms with Crippen LogP contribution >= 0.6 is 0 Å². The third-order valence-electron chi connectivity index (χ3n) is 8.32. The topological polar surface area (TPSA) is 71.5 Å². The van der Waals surface area contributed by atoms with Crippen molar-refractivity contribution in [2.75, 3.05) is 45.9 Å². The number of amides is 1. The number of hydrogen-bond acceptors (Lipinski definition) is 6. The summed E-state index contributed by atoms with van der Waals surface area (Å²) in [5, 5.41) is 11.6. The van der Waals surface area contributed by atoms with Gasteiger partial charge in [0.05, 0.1) is 33.0 Å². The molecule has 2 aliphatic rings. The molecule has 1 saturated carbocycles. The number of likely N-dealkylation sites (tertiary alicyclic amines) is 1. The van der Waals surface area contributed by atoms with Crippen LogP contribution in [0, 0.1) is 5.92 Å². The van der Waals surface area contributed by atoms with Gasteiger partial charge in [-0.2, -0.15) is 0 Å². The van der Waals surface area contributed by atoms with Gasteiger partial charge in [-0.15, -0.1) is 0 Å². The van der Waals surface area contributed by atoms with Crippen molar-refractivity contribution in [2.24, 2.45) is 5.92 Å². The second-order valence-electron chi connectivity index (χ2n) is 10.2. The average Bonchev–Trinajstić information content (AvgIpc) is 2.95. The van der Waals surface area contributed by atoms with Crippen LogP contribution in [-0.2, 0) is 4.79 Å². The zero-order chi connectivity index (χ0) is 27.3. The number of piperidine rings is 1. The van der Waals surface area contributed by atoms with Crippen LogP contribution in [0.2, 0.25) is 0 Å². The maximum absolute atomic E-state index is 13.7. The Balaban J connectivity index is 1.65. The highest BCUT2D eigenvalue weighted by Crippen LogP contribution is 2.49. The molecule has 206 valence electrons. The van der Waals surface area contributed by atoms with Crippen molar-refractivity contribution in [3.63, 3.8) is 0 Å². The van der Waals surface area contributed by atoms with Gasteiger partial charge in [0, 0.05) is 37.3 Å². The molecule has 0 aromatic heterocycles. The van der Waals surface area contributed by atoms with Crippen molar-refractivity contribution < 1.29 is 24.1 Å². The lowest BCUT2D eigenvalue weighted by molar-refractivity contribution is -0.150. The molecular formula is C31H42N2O5. The lowest BCUT2D eigenvalue weighted by Gasteiger charge is -2.52. The standard InChI is InChI=1S/C31H42N2O5/c1-6-32(7-2)24-14-12-23(13-15-24)29-25-10-8-9-17-31(25,35)18-19-33(29)28(34)16-11-22-20-26(36-3)30(38-5)27(21-22)37-4/h11-16,20-21,25,29,35H,6-10,17-19H2,1-5H3/b16-11+/t25-,29+,31+/m1/s1. The van der Waals surface area contributed by atoms with Crippen molar-refractivity contribution in [2.45, 2.75) is 57.6 Å². The number of fused-ring (bicyclic) bond motifs is 1. The van der Waals surface area contributed by atoms with Gasteiger partial charge >= 0.3 is 0 Å². The number of anilines is 1. The highest BCUT2D eigenvalue weighted by molar-refractivity contribution is 5.92. The van der Waals surface area contributed by atoms with E-state index < -0.39 is 5.60 Å². The zero-order valence-corrected chi connectivity index (χ0v) is 23.4. The minimum absolute atomic E-state index is 0.0165. The number of aliphatic hydroxyl groups is 1. The zero-order valence-electron chi connectivity index (χ0n) is 23.4. The molecular weight excluding hydrogens is 480 g/mol. The number of rotatable bonds is 9. The molecule has 2 aromatic rings. The van der Waals surface area contributed by atoms with Gasteiger partial charge in [0.15, 0.2) is 11.5 Å². The van der Waals surface area contributed by atoms with E-state index in [-0.39, 0.29) is 17.9 Å². The Morgan fingerprint density at radius 3 is 2.26 bits per heavy atom. The molecule has 0 bridgehead atoms. The van der Waals surface area contributed by atoms with Gasteiger partial charge in [-0.05, 0) is 74.6 Å². The highest BCUT2D eigenvalue weighted by Gasteiger charge is 2.49. The predicted molar refractivity (Wildman–Crippen MR) is 151 cm³/mol. The van der Waals surface area contributed by atoms with Crippen LogP contribution in [-0.4, -0.2) is 62.5 Å². The number of carbonyl (C=O) groups excluding carboxylic acids is 1. The molecule has 2 fully saturated rings. The Morgan fingerprint density at radius 2 is 1.68 bits per heavy atom. The maximum atomic E-state index is 13.7. The Labute approximate surface area is 227 Å². The van der Waals surface area contributed by atoms with Gasteiger partial charge in [0.25, 0.3) is 0 Å². The van der Waals surface area contributed by atoms with Crippen molar-refractivity contribution in [3.8, 4) is 17.2 Å². The summed E-state index contributed by atoms with van der Waals surface area (Å²) >= 11 is 0. The normalized spacial score (nSPS) is 23.2. The summed E-state index contributed by atoms with van der Waals surface area (Å²) < 4.78 is 16.3. The molecule has 1 heterocycles. The minimum Gasteiger partial charge on any atom is -0.493 e. The van der Waals surface area contributed by atoms with E-state index in [1.54, 1.807) is 33.5 Å². The lowest BCUT2D eigenvalue weighted by Crippen LogP contribution is -2.56. The fraction of sp³-hybridized carbons (Fsp3) is 0.516. The van der Waals surface area contributed by atoms with E-state index in [1.807, 2.05) is 17.0 Å². The van der Waals surface area contributed by atoms with Crippen molar-refractivity contribution in [1.29, 1.82) is 0 Å². The van der Waals surface area contributed by atoms with E-state index in [0.717, 1.165) is 49.9 Å². The van der Waals surface area contributed by atoms with Gasteiger partial charge in [0.2, 0.25) is 11.7 Å². The summed E-state index contributed by atoms with van der Waals surface area (Å²) in [6.45, 7) is 6.71.